The summed E-state index contributed by atoms with van der Waals surface area (Å²) < 4.78 is 26.3. The Morgan fingerprint density at radius 2 is 2.00 bits per heavy atom. The number of nitrogens with zero attached hydrogens (tertiary/aromatic N) is 1. The van der Waals surface area contributed by atoms with E-state index in [2.05, 4.69) is 11.8 Å². The Kier molecular flexibility index (Phi) is 6.37. The fraction of sp³-hybridized carbons (Fsp3) is 0.467. The second kappa shape index (κ2) is 7.57. The Bertz CT molecular complexity index is 643. The van der Waals surface area contributed by atoms with Crippen molar-refractivity contribution in [3.8, 4) is 11.8 Å². The van der Waals surface area contributed by atoms with Gasteiger partial charge in [0.1, 0.15) is 0 Å². The van der Waals surface area contributed by atoms with E-state index in [9.17, 15) is 8.42 Å². The predicted molar refractivity (Wildman–Crippen MR) is 81.3 cm³/mol. The minimum Gasteiger partial charge on any atom is -0.395 e. The van der Waals surface area contributed by atoms with E-state index >= 15 is 0 Å². The second-order valence-electron chi connectivity index (χ2n) is 4.83. The summed E-state index contributed by atoms with van der Waals surface area (Å²) in [5.74, 6) is 5.54. The molecule has 5 nitrogen and oxygen atoms in total. The highest BCUT2D eigenvalue weighted by Crippen LogP contribution is 2.21. The first-order valence-corrected chi connectivity index (χ1v) is 8.08. The lowest BCUT2D eigenvalue weighted by molar-refractivity contribution is 0.214. The molecule has 0 radical (unpaired) electrons. The first-order chi connectivity index (χ1) is 9.84. The number of hydrogen-bond donors (Lipinski definition) is 2. The average Bonchev–Trinajstić information content (AvgIpc) is 2.45. The molecule has 0 aliphatic heterocycles. The van der Waals surface area contributed by atoms with Crippen molar-refractivity contribution >= 4 is 10.0 Å². The van der Waals surface area contributed by atoms with Crippen molar-refractivity contribution in [3.05, 3.63) is 29.3 Å². The third kappa shape index (κ3) is 4.29. The summed E-state index contributed by atoms with van der Waals surface area (Å²) in [7, 11) is -2.29. The van der Waals surface area contributed by atoms with Crippen LogP contribution in [0.5, 0.6) is 0 Å². The third-order valence-electron chi connectivity index (χ3n) is 3.14. The van der Waals surface area contributed by atoms with Crippen LogP contribution in [0.15, 0.2) is 23.1 Å². The summed E-state index contributed by atoms with van der Waals surface area (Å²) in [5.41, 5.74) is 1.31. The van der Waals surface area contributed by atoms with Crippen LogP contribution in [0.3, 0.4) is 0 Å². The molecule has 0 spiro atoms. The summed E-state index contributed by atoms with van der Waals surface area (Å²) in [4.78, 5) is 0.112. The normalized spacial score (nSPS) is 12.9. The number of aryl methyl sites for hydroxylation is 1. The minimum absolute atomic E-state index is 0.0671. The molecule has 1 aromatic carbocycles. The molecule has 1 unspecified atom stereocenters. The Morgan fingerprint density at radius 1 is 1.33 bits per heavy atom. The van der Waals surface area contributed by atoms with Crippen LogP contribution in [0.4, 0.5) is 0 Å². The van der Waals surface area contributed by atoms with E-state index in [0.717, 1.165) is 9.87 Å². The maximum Gasteiger partial charge on any atom is 0.244 e. The van der Waals surface area contributed by atoms with Crippen molar-refractivity contribution in [2.24, 2.45) is 0 Å². The van der Waals surface area contributed by atoms with Crippen molar-refractivity contribution in [2.45, 2.75) is 31.2 Å². The fourth-order valence-electron chi connectivity index (χ4n) is 1.69. The highest BCUT2D eigenvalue weighted by molar-refractivity contribution is 7.89. The highest BCUT2D eigenvalue weighted by atomic mass is 32.2. The molecule has 1 atom stereocenters. The lowest BCUT2D eigenvalue weighted by Gasteiger charge is -2.23. The molecule has 0 bridgehead atoms. The van der Waals surface area contributed by atoms with E-state index in [1.54, 1.807) is 19.1 Å². The molecule has 0 aliphatic rings. The van der Waals surface area contributed by atoms with Crippen LogP contribution in [0, 0.1) is 18.8 Å². The highest BCUT2D eigenvalue weighted by Gasteiger charge is 2.27. The molecule has 0 aromatic heterocycles. The number of rotatable bonds is 5. The zero-order valence-electron chi connectivity index (χ0n) is 12.5. The molecule has 2 N–H and O–H groups in total. The number of sulfonamides is 1. The zero-order chi connectivity index (χ0) is 16.0. The quantitative estimate of drug-likeness (QED) is 0.786. The number of aliphatic hydroxyl groups excluding tert-OH is 2. The summed E-state index contributed by atoms with van der Waals surface area (Å²) in [6, 6.07) is 4.42. The zero-order valence-corrected chi connectivity index (χ0v) is 13.3. The van der Waals surface area contributed by atoms with Gasteiger partial charge in [-0.05, 0) is 31.5 Å². The SMILES string of the molecule is Cc1ccc(S(=O)(=O)N(C)C(C)CO)c(C#CCCO)c1. The van der Waals surface area contributed by atoms with Crippen LogP contribution in [0.2, 0.25) is 0 Å². The van der Waals surface area contributed by atoms with Crippen LogP contribution in [-0.4, -0.2) is 49.2 Å². The Labute approximate surface area is 126 Å². The van der Waals surface area contributed by atoms with Gasteiger partial charge in [0.15, 0.2) is 0 Å². The summed E-state index contributed by atoms with van der Waals surface area (Å²) in [6.45, 7) is 3.16. The van der Waals surface area contributed by atoms with Crippen LogP contribution < -0.4 is 0 Å². The molecule has 0 heterocycles. The van der Waals surface area contributed by atoms with Crippen LogP contribution >= 0.6 is 0 Å². The van der Waals surface area contributed by atoms with Crippen molar-refractivity contribution in [1.82, 2.24) is 4.31 Å². The van der Waals surface area contributed by atoms with E-state index in [1.165, 1.54) is 13.1 Å². The number of hydrogen-bond acceptors (Lipinski definition) is 4. The van der Waals surface area contributed by atoms with Crippen LogP contribution in [-0.2, 0) is 10.0 Å². The second-order valence-corrected chi connectivity index (χ2v) is 6.79. The van der Waals surface area contributed by atoms with E-state index in [1.807, 2.05) is 6.92 Å². The van der Waals surface area contributed by atoms with E-state index in [0.29, 0.717) is 5.56 Å². The lowest BCUT2D eigenvalue weighted by atomic mass is 10.1. The maximum absolute atomic E-state index is 12.6. The summed E-state index contributed by atoms with van der Waals surface area (Å²) in [5, 5.41) is 17.9. The van der Waals surface area contributed by atoms with Gasteiger partial charge in [-0.1, -0.05) is 17.9 Å². The topological polar surface area (TPSA) is 77.8 Å². The Morgan fingerprint density at radius 3 is 2.57 bits per heavy atom. The van der Waals surface area contributed by atoms with E-state index in [4.69, 9.17) is 10.2 Å². The van der Waals surface area contributed by atoms with Gasteiger partial charge in [-0.15, -0.1) is 0 Å². The molecule has 0 amide bonds. The molecule has 21 heavy (non-hydrogen) atoms. The lowest BCUT2D eigenvalue weighted by Crippen LogP contribution is -2.37. The molecule has 0 saturated carbocycles. The van der Waals surface area contributed by atoms with E-state index < -0.39 is 16.1 Å². The van der Waals surface area contributed by atoms with Crippen LogP contribution in [0.1, 0.15) is 24.5 Å². The fourth-order valence-corrected chi connectivity index (χ4v) is 3.17. The number of benzene rings is 1. The third-order valence-corrected chi connectivity index (χ3v) is 5.17. The van der Waals surface area contributed by atoms with Gasteiger partial charge in [0.2, 0.25) is 10.0 Å². The monoisotopic (exact) mass is 311 g/mol. The molecular weight excluding hydrogens is 290 g/mol. The predicted octanol–water partition coefficient (Wildman–Crippen LogP) is 0.730. The number of likely N-dealkylation sites (N-methyl/N-ethyl adjacent to an activating group) is 1. The van der Waals surface area contributed by atoms with Gasteiger partial charge in [0, 0.05) is 25.1 Å². The van der Waals surface area contributed by atoms with Gasteiger partial charge < -0.3 is 10.2 Å². The molecule has 1 rings (SSSR count). The van der Waals surface area contributed by atoms with Gasteiger partial charge in [-0.2, -0.15) is 4.31 Å². The first-order valence-electron chi connectivity index (χ1n) is 6.64. The largest absolute Gasteiger partial charge is 0.395 e. The Balaban J connectivity index is 3.33. The first kappa shape index (κ1) is 17.7. The summed E-state index contributed by atoms with van der Waals surface area (Å²) >= 11 is 0. The standard InChI is InChI=1S/C15H21NO4S/c1-12-7-8-15(14(10-12)6-4-5-9-17)21(19,20)16(3)13(2)11-18/h7-8,10,13,17-18H,5,9,11H2,1-3H3. The van der Waals surface area contributed by atoms with Crippen molar-refractivity contribution in [2.75, 3.05) is 20.3 Å². The van der Waals surface area contributed by atoms with E-state index in [-0.39, 0.29) is 24.5 Å². The molecule has 0 fully saturated rings. The van der Waals surface area contributed by atoms with Crippen molar-refractivity contribution in [1.29, 1.82) is 0 Å². The van der Waals surface area contributed by atoms with Gasteiger partial charge in [-0.25, -0.2) is 8.42 Å². The van der Waals surface area contributed by atoms with Crippen LogP contribution in [0.25, 0.3) is 0 Å². The molecule has 0 aliphatic carbocycles. The molecule has 116 valence electrons. The van der Waals surface area contributed by atoms with Gasteiger partial charge in [0.25, 0.3) is 0 Å². The average molecular weight is 311 g/mol. The number of aliphatic hydroxyl groups is 2. The van der Waals surface area contributed by atoms with Crippen molar-refractivity contribution < 1.29 is 18.6 Å². The Hall–Kier alpha value is -1.39. The smallest absolute Gasteiger partial charge is 0.244 e. The maximum atomic E-state index is 12.6. The van der Waals surface area contributed by atoms with Gasteiger partial charge in [-0.3, -0.25) is 0 Å². The molecule has 1 aromatic rings. The molecular formula is C15H21NO4S. The van der Waals surface area contributed by atoms with Gasteiger partial charge in [0.05, 0.1) is 18.1 Å². The molecule has 0 saturated heterocycles. The van der Waals surface area contributed by atoms with Crippen molar-refractivity contribution in [3.63, 3.8) is 0 Å². The molecule has 6 heteroatoms. The van der Waals surface area contributed by atoms with Gasteiger partial charge >= 0.3 is 0 Å². The summed E-state index contributed by atoms with van der Waals surface area (Å²) in [6.07, 6.45) is 0.288. The minimum atomic E-state index is -3.73.